The molecule has 0 saturated carbocycles. The highest BCUT2D eigenvalue weighted by Crippen LogP contribution is 2.34. The monoisotopic (exact) mass is 424 g/mol. The van der Waals surface area contributed by atoms with Crippen LogP contribution in [0.15, 0.2) is 52.6 Å². The van der Waals surface area contributed by atoms with Crippen LogP contribution >= 0.6 is 11.3 Å². The first-order valence-electron chi connectivity index (χ1n) is 7.86. The van der Waals surface area contributed by atoms with E-state index < -0.39 is 33.8 Å². The quantitative estimate of drug-likeness (QED) is 0.426. The normalized spacial score (nSPS) is 11.1. The first kappa shape index (κ1) is 20.1. The van der Waals surface area contributed by atoms with E-state index in [-0.39, 0.29) is 11.3 Å². The van der Waals surface area contributed by atoms with Gasteiger partial charge in [-0.3, -0.25) is 30.6 Å². The number of hydrazine groups is 1. The molecule has 0 radical (unpaired) electrons. The highest BCUT2D eigenvalue weighted by atomic mass is 32.1. The van der Waals surface area contributed by atoms with E-state index in [1.807, 2.05) is 5.38 Å². The third-order valence-corrected chi connectivity index (χ3v) is 4.68. The molecule has 150 valence electrons. The summed E-state index contributed by atoms with van der Waals surface area (Å²) in [5, 5.41) is 12.9. The van der Waals surface area contributed by atoms with E-state index in [2.05, 4.69) is 15.8 Å². The number of aromatic nitrogens is 1. The number of nitrogens with one attached hydrogen (secondary N) is 3. The molecular weight excluding hydrogens is 413 g/mol. The molecule has 1 aromatic carbocycles. The van der Waals surface area contributed by atoms with Gasteiger partial charge in [0.25, 0.3) is 17.2 Å². The molecule has 3 aromatic rings. The van der Waals surface area contributed by atoms with Gasteiger partial charge in [-0.25, -0.2) is 0 Å². The predicted octanol–water partition coefficient (Wildman–Crippen LogP) is 3.79. The Balaban J connectivity index is 1.79. The number of hydrogen-bond donors (Lipinski definition) is 3. The van der Waals surface area contributed by atoms with Gasteiger partial charge >= 0.3 is 6.18 Å². The van der Waals surface area contributed by atoms with Gasteiger partial charge in [0.15, 0.2) is 0 Å². The average molecular weight is 424 g/mol. The van der Waals surface area contributed by atoms with Crippen molar-refractivity contribution in [2.45, 2.75) is 6.18 Å². The van der Waals surface area contributed by atoms with Crippen molar-refractivity contribution in [2.24, 2.45) is 0 Å². The number of alkyl halides is 3. The number of hydrogen-bond acceptors (Lipinski definition) is 6. The molecule has 0 bridgehead atoms. The van der Waals surface area contributed by atoms with Crippen LogP contribution in [0.3, 0.4) is 0 Å². The SMILES string of the molecule is O=C(NNc1ccc(C(F)(F)F)cc1[N+](=O)[O-])c1ccc(-c2cccs2)[nH]c1=O. The zero-order chi connectivity index (χ0) is 21.2. The number of nitrogens with zero attached hydrogens (tertiary/aromatic N) is 1. The predicted molar refractivity (Wildman–Crippen MR) is 99.6 cm³/mol. The number of thiophene rings is 1. The van der Waals surface area contributed by atoms with Crippen molar-refractivity contribution in [1.29, 1.82) is 0 Å². The first-order chi connectivity index (χ1) is 13.7. The van der Waals surface area contributed by atoms with Crippen molar-refractivity contribution >= 4 is 28.6 Å². The van der Waals surface area contributed by atoms with Gasteiger partial charge in [0.2, 0.25) is 0 Å². The molecule has 0 fully saturated rings. The minimum absolute atomic E-state index is 0.285. The number of benzene rings is 1. The Morgan fingerprint density at radius 3 is 2.52 bits per heavy atom. The zero-order valence-electron chi connectivity index (χ0n) is 14.2. The van der Waals surface area contributed by atoms with Crippen LogP contribution in [0, 0.1) is 10.1 Å². The minimum atomic E-state index is -4.76. The van der Waals surface area contributed by atoms with Crippen molar-refractivity contribution in [1.82, 2.24) is 10.4 Å². The second kappa shape index (κ2) is 7.75. The molecule has 0 aliphatic carbocycles. The number of pyridine rings is 1. The molecule has 0 aliphatic heterocycles. The topological polar surface area (TPSA) is 117 Å². The number of aromatic amines is 1. The van der Waals surface area contributed by atoms with Gasteiger partial charge in [0.05, 0.1) is 21.1 Å². The fourth-order valence-electron chi connectivity index (χ4n) is 2.38. The van der Waals surface area contributed by atoms with E-state index in [0.717, 1.165) is 10.9 Å². The van der Waals surface area contributed by atoms with Crippen molar-refractivity contribution in [3.05, 3.63) is 79.4 Å². The number of halogens is 3. The molecule has 3 rings (SSSR count). The standard InChI is InChI=1S/C17H11F3N4O4S/c18-17(19,20)9-3-5-11(13(8-9)24(27)28)22-23-16(26)10-4-6-12(21-15(10)25)14-2-1-7-29-14/h1-8,22H,(H,21,25)(H,23,26). The summed E-state index contributed by atoms with van der Waals surface area (Å²) in [6.45, 7) is 0. The molecule has 0 spiro atoms. The molecule has 1 amide bonds. The number of nitro groups is 1. The summed E-state index contributed by atoms with van der Waals surface area (Å²) in [4.78, 5) is 37.7. The van der Waals surface area contributed by atoms with Gasteiger partial charge in [-0.05, 0) is 35.7 Å². The molecule has 0 unspecified atom stereocenters. The summed E-state index contributed by atoms with van der Waals surface area (Å²) in [7, 11) is 0. The van der Waals surface area contributed by atoms with E-state index in [4.69, 9.17) is 0 Å². The Morgan fingerprint density at radius 1 is 1.17 bits per heavy atom. The summed E-state index contributed by atoms with van der Waals surface area (Å²) < 4.78 is 38.2. The first-order valence-corrected chi connectivity index (χ1v) is 8.74. The Kier molecular flexibility index (Phi) is 5.37. The van der Waals surface area contributed by atoms with E-state index in [1.165, 1.54) is 23.5 Å². The largest absolute Gasteiger partial charge is 0.416 e. The molecule has 29 heavy (non-hydrogen) atoms. The maximum Gasteiger partial charge on any atom is 0.416 e. The summed E-state index contributed by atoms with van der Waals surface area (Å²) in [6, 6.07) is 8.14. The number of rotatable bonds is 5. The smallest absolute Gasteiger partial charge is 0.321 e. The number of amides is 1. The van der Waals surface area contributed by atoms with Crippen molar-refractivity contribution in [2.75, 3.05) is 5.43 Å². The lowest BCUT2D eigenvalue weighted by Gasteiger charge is -2.11. The van der Waals surface area contributed by atoms with Crippen molar-refractivity contribution in [3.63, 3.8) is 0 Å². The molecule has 2 heterocycles. The number of anilines is 1. The number of carbonyl (C=O) groups is 1. The highest BCUT2D eigenvalue weighted by Gasteiger charge is 2.33. The van der Waals surface area contributed by atoms with E-state index in [1.54, 1.807) is 12.1 Å². The second-order valence-corrected chi connectivity index (χ2v) is 6.61. The molecule has 8 nitrogen and oxygen atoms in total. The number of carbonyl (C=O) groups excluding carboxylic acids is 1. The van der Waals surface area contributed by atoms with E-state index in [0.29, 0.717) is 17.8 Å². The van der Waals surface area contributed by atoms with Crippen LogP contribution in [0.1, 0.15) is 15.9 Å². The van der Waals surface area contributed by atoms with Gasteiger partial charge in [0.1, 0.15) is 11.3 Å². The fourth-order valence-corrected chi connectivity index (χ4v) is 3.09. The van der Waals surface area contributed by atoms with Gasteiger partial charge in [-0.15, -0.1) is 11.3 Å². The summed E-state index contributed by atoms with van der Waals surface area (Å²) >= 11 is 1.39. The molecule has 0 saturated heterocycles. The zero-order valence-corrected chi connectivity index (χ0v) is 15.1. The Bertz CT molecular complexity index is 1130. The van der Waals surface area contributed by atoms with Crippen molar-refractivity contribution in [3.8, 4) is 10.6 Å². The van der Waals surface area contributed by atoms with Gasteiger partial charge in [0, 0.05) is 6.07 Å². The van der Waals surface area contributed by atoms with Gasteiger partial charge in [-0.2, -0.15) is 13.2 Å². The van der Waals surface area contributed by atoms with E-state index >= 15 is 0 Å². The molecule has 12 heteroatoms. The summed E-state index contributed by atoms with van der Waals surface area (Å²) in [5.41, 5.74) is 1.31. The molecule has 0 atom stereocenters. The maximum absolute atomic E-state index is 12.7. The third-order valence-electron chi connectivity index (χ3n) is 3.77. The Morgan fingerprint density at radius 2 is 1.93 bits per heavy atom. The highest BCUT2D eigenvalue weighted by molar-refractivity contribution is 7.13. The Hall–Kier alpha value is -3.67. The molecule has 3 N–H and O–H groups in total. The third kappa shape index (κ3) is 4.43. The van der Waals surface area contributed by atoms with Crippen LogP contribution < -0.4 is 16.4 Å². The number of H-pyrrole nitrogens is 1. The fraction of sp³-hybridized carbons (Fsp3) is 0.0588. The van der Waals surface area contributed by atoms with Crippen LogP contribution in [0.5, 0.6) is 0 Å². The van der Waals surface area contributed by atoms with Crippen LogP contribution in [-0.2, 0) is 6.18 Å². The lowest BCUT2D eigenvalue weighted by atomic mass is 10.1. The van der Waals surface area contributed by atoms with Crippen LogP contribution in [-0.4, -0.2) is 15.8 Å². The molecule has 0 aliphatic rings. The van der Waals surface area contributed by atoms with E-state index in [9.17, 15) is 32.9 Å². The van der Waals surface area contributed by atoms with Crippen molar-refractivity contribution < 1.29 is 22.9 Å². The summed E-state index contributed by atoms with van der Waals surface area (Å²) in [5.74, 6) is -0.918. The van der Waals surface area contributed by atoms with Gasteiger partial charge < -0.3 is 4.98 Å². The lowest BCUT2D eigenvalue weighted by molar-refractivity contribution is -0.384. The lowest BCUT2D eigenvalue weighted by Crippen LogP contribution is -2.34. The average Bonchev–Trinajstić information content (AvgIpc) is 3.19. The van der Waals surface area contributed by atoms with Crippen LogP contribution in [0.2, 0.25) is 0 Å². The van der Waals surface area contributed by atoms with Crippen LogP contribution in [0.4, 0.5) is 24.5 Å². The minimum Gasteiger partial charge on any atom is -0.321 e. The molecular formula is C17H11F3N4O4S. The molecule has 2 aromatic heterocycles. The summed E-state index contributed by atoms with van der Waals surface area (Å²) in [6.07, 6.45) is -4.76. The maximum atomic E-state index is 12.7. The Labute approximate surface area is 164 Å². The van der Waals surface area contributed by atoms with Crippen LogP contribution in [0.25, 0.3) is 10.6 Å². The van der Waals surface area contributed by atoms with Gasteiger partial charge in [-0.1, -0.05) is 6.07 Å². The second-order valence-electron chi connectivity index (χ2n) is 5.66. The number of nitro benzene ring substituents is 1.